The van der Waals surface area contributed by atoms with Gasteiger partial charge in [-0.05, 0) is 66.1 Å². The second-order valence-corrected chi connectivity index (χ2v) is 9.24. The van der Waals surface area contributed by atoms with Crippen molar-refractivity contribution in [3.05, 3.63) is 113 Å². The van der Waals surface area contributed by atoms with Gasteiger partial charge in [-0.15, -0.1) is 0 Å². The van der Waals surface area contributed by atoms with Gasteiger partial charge in [-0.1, -0.05) is 53.5 Å². The largest absolute Gasteiger partial charge is 0.481 e. The Bertz CT molecular complexity index is 1570. The minimum atomic E-state index is -1.35. The number of fused-ring (bicyclic) bond motifs is 1. The number of aromatic nitrogens is 3. The van der Waals surface area contributed by atoms with Crippen LogP contribution in [0.2, 0.25) is 10.0 Å². The molecule has 0 aliphatic carbocycles. The van der Waals surface area contributed by atoms with Gasteiger partial charge in [0.15, 0.2) is 5.54 Å². The van der Waals surface area contributed by atoms with E-state index >= 15 is 0 Å². The van der Waals surface area contributed by atoms with Crippen LogP contribution in [0.1, 0.15) is 18.1 Å². The quantitative estimate of drug-likeness (QED) is 0.217. The van der Waals surface area contributed by atoms with Gasteiger partial charge in [-0.2, -0.15) is 0 Å². The van der Waals surface area contributed by atoms with E-state index in [9.17, 15) is 4.79 Å². The van der Waals surface area contributed by atoms with Crippen molar-refractivity contribution in [3.8, 4) is 17.0 Å². The standard InChI is InChI=1S/C29H23Cl2N3O3/c1-3-37-28(35)29(34-14-13-32-18-34,21-7-10-23(30)11-8-21)22-9-12-26-20(15-22)17-25(27(33-26)36-2)19-5-4-6-24(31)16-19/h4-18H,3H2,1-2H3. The topological polar surface area (TPSA) is 66.2 Å². The monoisotopic (exact) mass is 531 g/mol. The number of esters is 1. The van der Waals surface area contributed by atoms with Gasteiger partial charge < -0.3 is 14.0 Å². The van der Waals surface area contributed by atoms with Crippen molar-refractivity contribution in [2.45, 2.75) is 12.5 Å². The highest BCUT2D eigenvalue weighted by atomic mass is 35.5. The van der Waals surface area contributed by atoms with E-state index in [-0.39, 0.29) is 6.61 Å². The van der Waals surface area contributed by atoms with Crippen molar-refractivity contribution in [1.29, 1.82) is 0 Å². The summed E-state index contributed by atoms with van der Waals surface area (Å²) in [5.41, 5.74) is 2.39. The van der Waals surface area contributed by atoms with Crippen LogP contribution in [0.25, 0.3) is 22.0 Å². The smallest absolute Gasteiger partial charge is 0.341 e. The predicted molar refractivity (Wildman–Crippen MR) is 145 cm³/mol. The fourth-order valence-corrected chi connectivity index (χ4v) is 4.91. The van der Waals surface area contributed by atoms with Gasteiger partial charge in [0.1, 0.15) is 0 Å². The summed E-state index contributed by atoms with van der Waals surface area (Å²) in [6, 6.07) is 22.3. The maximum Gasteiger partial charge on any atom is 0.341 e. The lowest BCUT2D eigenvalue weighted by Crippen LogP contribution is -2.45. The number of halogens is 2. The highest BCUT2D eigenvalue weighted by molar-refractivity contribution is 6.31. The number of rotatable bonds is 7. The van der Waals surface area contributed by atoms with Crippen LogP contribution < -0.4 is 4.74 Å². The number of nitrogens with zero attached hydrogens (tertiary/aromatic N) is 3. The lowest BCUT2D eigenvalue weighted by atomic mass is 9.81. The van der Waals surface area contributed by atoms with E-state index in [1.165, 1.54) is 0 Å². The molecule has 0 saturated carbocycles. The molecular weight excluding hydrogens is 509 g/mol. The molecule has 1 unspecified atom stereocenters. The molecule has 0 N–H and O–H groups in total. The maximum atomic E-state index is 13.9. The van der Waals surface area contributed by atoms with E-state index in [1.807, 2.05) is 60.7 Å². The first-order valence-corrected chi connectivity index (χ1v) is 12.4. The van der Waals surface area contributed by atoms with Gasteiger partial charge in [-0.3, -0.25) is 0 Å². The lowest BCUT2D eigenvalue weighted by Gasteiger charge is -2.34. The molecule has 6 nitrogen and oxygen atoms in total. The van der Waals surface area contributed by atoms with Gasteiger partial charge in [0.05, 0.1) is 25.6 Å². The molecule has 5 rings (SSSR count). The van der Waals surface area contributed by atoms with E-state index in [2.05, 4.69) is 4.98 Å². The SMILES string of the molecule is CCOC(=O)C(c1ccc(Cl)cc1)(c1ccc2nc(OC)c(-c3cccc(Cl)c3)cc2c1)n1ccnc1. The molecule has 0 aliphatic rings. The zero-order valence-electron chi connectivity index (χ0n) is 20.2. The molecule has 0 fully saturated rings. The molecule has 0 spiro atoms. The van der Waals surface area contributed by atoms with Crippen LogP contribution in [0.5, 0.6) is 5.88 Å². The third-order valence-corrected chi connectivity index (χ3v) is 6.74. The average Bonchev–Trinajstić information content (AvgIpc) is 3.44. The van der Waals surface area contributed by atoms with Crippen LogP contribution in [-0.4, -0.2) is 34.2 Å². The van der Waals surface area contributed by atoms with E-state index in [1.54, 1.807) is 49.5 Å². The number of carbonyl (C=O) groups excluding carboxylic acids is 1. The van der Waals surface area contributed by atoms with Crippen molar-refractivity contribution >= 4 is 40.1 Å². The van der Waals surface area contributed by atoms with E-state index in [4.69, 9.17) is 37.7 Å². The van der Waals surface area contributed by atoms with Crippen molar-refractivity contribution in [3.63, 3.8) is 0 Å². The summed E-state index contributed by atoms with van der Waals surface area (Å²) in [7, 11) is 1.59. The molecule has 8 heteroatoms. The summed E-state index contributed by atoms with van der Waals surface area (Å²) in [5.74, 6) is 0.0395. The third kappa shape index (κ3) is 4.43. The summed E-state index contributed by atoms with van der Waals surface area (Å²) in [6.45, 7) is 2.00. The van der Waals surface area contributed by atoms with Crippen LogP contribution in [0.15, 0.2) is 91.5 Å². The van der Waals surface area contributed by atoms with Crippen LogP contribution in [0, 0.1) is 0 Å². The van der Waals surface area contributed by atoms with Gasteiger partial charge in [0.2, 0.25) is 5.88 Å². The summed E-state index contributed by atoms with van der Waals surface area (Å²) >= 11 is 12.5. The molecule has 0 saturated heterocycles. The number of hydrogen-bond donors (Lipinski definition) is 0. The van der Waals surface area contributed by atoms with Crippen LogP contribution in [0.3, 0.4) is 0 Å². The molecular formula is C29H23Cl2N3O3. The molecule has 3 aromatic carbocycles. The molecule has 1 atom stereocenters. The highest BCUT2D eigenvalue weighted by Crippen LogP contribution is 2.39. The molecule has 0 amide bonds. The minimum absolute atomic E-state index is 0.216. The number of hydrogen-bond acceptors (Lipinski definition) is 5. The lowest BCUT2D eigenvalue weighted by molar-refractivity contribution is -0.149. The summed E-state index contributed by atoms with van der Waals surface area (Å²) < 4.78 is 13.0. The number of imidazole rings is 1. The van der Waals surface area contributed by atoms with Gasteiger partial charge in [0, 0.05) is 33.4 Å². The molecule has 0 radical (unpaired) electrons. The van der Waals surface area contributed by atoms with Gasteiger partial charge in [0.25, 0.3) is 0 Å². The Kier molecular flexibility index (Phi) is 6.87. The fraction of sp³-hybridized carbons (Fsp3) is 0.138. The zero-order valence-corrected chi connectivity index (χ0v) is 21.7. The zero-order chi connectivity index (χ0) is 26.0. The molecule has 0 aliphatic heterocycles. The average molecular weight is 532 g/mol. The Balaban J connectivity index is 1.80. The van der Waals surface area contributed by atoms with Crippen molar-refractivity contribution < 1.29 is 14.3 Å². The van der Waals surface area contributed by atoms with E-state index < -0.39 is 11.5 Å². The van der Waals surface area contributed by atoms with Gasteiger partial charge in [-0.25, -0.2) is 14.8 Å². The first-order chi connectivity index (χ1) is 18.0. The van der Waals surface area contributed by atoms with E-state index in [0.717, 1.165) is 16.5 Å². The Labute approximate surface area is 224 Å². The fourth-order valence-electron chi connectivity index (χ4n) is 4.59. The highest BCUT2D eigenvalue weighted by Gasteiger charge is 2.45. The maximum absolute atomic E-state index is 13.9. The van der Waals surface area contributed by atoms with Crippen LogP contribution in [-0.2, 0) is 15.1 Å². The Morgan fingerprint density at radius 2 is 1.76 bits per heavy atom. The Hall–Kier alpha value is -3.87. The molecule has 5 aromatic rings. The first-order valence-electron chi connectivity index (χ1n) is 11.6. The number of carbonyl (C=O) groups is 1. The van der Waals surface area contributed by atoms with Crippen LogP contribution in [0.4, 0.5) is 0 Å². The second-order valence-electron chi connectivity index (χ2n) is 8.37. The Morgan fingerprint density at radius 1 is 0.973 bits per heavy atom. The van der Waals surface area contributed by atoms with Gasteiger partial charge >= 0.3 is 5.97 Å². The van der Waals surface area contributed by atoms with Crippen molar-refractivity contribution in [2.75, 3.05) is 13.7 Å². The van der Waals surface area contributed by atoms with Crippen molar-refractivity contribution in [2.24, 2.45) is 0 Å². The van der Waals surface area contributed by atoms with E-state index in [0.29, 0.717) is 32.6 Å². The summed E-state index contributed by atoms with van der Waals surface area (Å²) in [6.07, 6.45) is 4.99. The van der Waals surface area contributed by atoms with Crippen molar-refractivity contribution in [1.82, 2.24) is 14.5 Å². The molecule has 186 valence electrons. The first kappa shape index (κ1) is 24.8. The molecule has 2 aromatic heterocycles. The third-order valence-electron chi connectivity index (χ3n) is 6.25. The predicted octanol–water partition coefficient (Wildman–Crippen LogP) is 6.77. The molecule has 37 heavy (non-hydrogen) atoms. The molecule has 0 bridgehead atoms. The summed E-state index contributed by atoms with van der Waals surface area (Å²) in [5, 5.41) is 1.99. The normalized spacial score (nSPS) is 12.8. The summed E-state index contributed by atoms with van der Waals surface area (Å²) in [4.78, 5) is 22.8. The number of ether oxygens (including phenoxy) is 2. The van der Waals surface area contributed by atoms with Crippen LogP contribution >= 0.6 is 23.2 Å². The molecule has 2 heterocycles. The second kappa shape index (κ2) is 10.2. The number of methoxy groups -OCH3 is 1. The number of pyridine rings is 1. The minimum Gasteiger partial charge on any atom is -0.481 e. The Morgan fingerprint density at radius 3 is 2.43 bits per heavy atom. The number of benzene rings is 3.